The molecule has 2 aromatic heterocycles. The van der Waals surface area contributed by atoms with Gasteiger partial charge in [-0.25, -0.2) is 15.0 Å². The Morgan fingerprint density at radius 1 is 1.22 bits per heavy atom. The third-order valence-electron chi connectivity index (χ3n) is 2.46. The Labute approximate surface area is 108 Å². The van der Waals surface area contributed by atoms with Gasteiger partial charge in [0.05, 0.1) is 5.52 Å². The Balaban J connectivity index is 2.13. The van der Waals surface area contributed by atoms with Gasteiger partial charge in [-0.2, -0.15) is 0 Å². The molecule has 0 aliphatic heterocycles. The van der Waals surface area contributed by atoms with E-state index in [0.717, 1.165) is 21.1 Å². The lowest BCUT2D eigenvalue weighted by Gasteiger charge is -2.06. The van der Waals surface area contributed by atoms with E-state index in [1.54, 1.807) is 12.4 Å². The Hall–Kier alpha value is -2.08. The van der Waals surface area contributed by atoms with E-state index >= 15 is 0 Å². The molecule has 1 aromatic carbocycles. The van der Waals surface area contributed by atoms with E-state index in [1.165, 1.54) is 11.8 Å². The first kappa shape index (κ1) is 11.0. The number of anilines is 1. The lowest BCUT2D eigenvalue weighted by Crippen LogP contribution is -1.98. The lowest BCUT2D eigenvalue weighted by atomic mass is 10.2. The number of hydrogen-bond acceptors (Lipinski definition) is 5. The first-order valence-corrected chi connectivity index (χ1v) is 6.30. The molecular formula is C12H11N5S. The number of fused-ring (bicyclic) bond motifs is 1. The van der Waals surface area contributed by atoms with Crippen LogP contribution in [-0.4, -0.2) is 27.0 Å². The van der Waals surface area contributed by atoms with Gasteiger partial charge in [0.25, 0.3) is 0 Å². The molecule has 0 fully saturated rings. The molecule has 3 aromatic rings. The van der Waals surface area contributed by atoms with E-state index in [0.29, 0.717) is 5.95 Å². The van der Waals surface area contributed by atoms with E-state index in [9.17, 15) is 0 Å². The number of aromatic nitrogens is 4. The number of H-pyrrole nitrogens is 1. The van der Waals surface area contributed by atoms with Gasteiger partial charge in [-0.05, 0) is 17.8 Å². The van der Waals surface area contributed by atoms with Crippen LogP contribution in [0.2, 0.25) is 0 Å². The minimum Gasteiger partial charge on any atom is -0.357 e. The van der Waals surface area contributed by atoms with Crippen LogP contribution in [0.25, 0.3) is 10.9 Å². The third-order valence-corrected chi connectivity index (χ3v) is 3.38. The molecule has 2 N–H and O–H groups in total. The fourth-order valence-electron chi connectivity index (χ4n) is 1.64. The van der Waals surface area contributed by atoms with Gasteiger partial charge in [-0.1, -0.05) is 18.2 Å². The van der Waals surface area contributed by atoms with Crippen molar-refractivity contribution in [3.8, 4) is 0 Å². The van der Waals surface area contributed by atoms with Crippen molar-refractivity contribution in [2.24, 2.45) is 0 Å². The molecule has 6 heteroatoms. The summed E-state index contributed by atoms with van der Waals surface area (Å²) in [5, 5.41) is 5.71. The fourth-order valence-corrected chi connectivity index (χ4v) is 2.47. The molecule has 0 saturated heterocycles. The number of hydrogen-bond donors (Lipinski definition) is 2. The van der Waals surface area contributed by atoms with E-state index < -0.39 is 0 Å². The van der Waals surface area contributed by atoms with Crippen LogP contribution < -0.4 is 5.32 Å². The first-order chi connectivity index (χ1) is 8.86. The van der Waals surface area contributed by atoms with Crippen molar-refractivity contribution in [2.45, 2.75) is 10.2 Å². The molecule has 3 rings (SSSR count). The molecule has 0 radical (unpaired) electrons. The quantitative estimate of drug-likeness (QED) is 0.706. The van der Waals surface area contributed by atoms with Crippen molar-refractivity contribution in [1.29, 1.82) is 0 Å². The number of imidazole rings is 1. The zero-order valence-electron chi connectivity index (χ0n) is 9.71. The van der Waals surface area contributed by atoms with Crippen molar-refractivity contribution in [2.75, 3.05) is 12.4 Å². The van der Waals surface area contributed by atoms with Crippen LogP contribution in [0.15, 0.2) is 46.8 Å². The monoisotopic (exact) mass is 257 g/mol. The summed E-state index contributed by atoms with van der Waals surface area (Å²) < 4.78 is 0. The number of rotatable bonds is 3. The van der Waals surface area contributed by atoms with E-state index in [1.807, 2.05) is 31.3 Å². The van der Waals surface area contributed by atoms with Gasteiger partial charge in [-0.15, -0.1) is 0 Å². The second-order valence-electron chi connectivity index (χ2n) is 3.62. The maximum atomic E-state index is 4.47. The minimum atomic E-state index is 0.614. The molecule has 18 heavy (non-hydrogen) atoms. The summed E-state index contributed by atoms with van der Waals surface area (Å²) >= 11 is 1.50. The van der Waals surface area contributed by atoms with Crippen molar-refractivity contribution in [3.05, 3.63) is 36.7 Å². The van der Waals surface area contributed by atoms with Crippen LogP contribution in [0.5, 0.6) is 0 Å². The van der Waals surface area contributed by atoms with E-state index in [2.05, 4.69) is 25.3 Å². The third kappa shape index (κ3) is 2.02. The Bertz CT molecular complexity index is 665. The molecule has 0 bridgehead atoms. The van der Waals surface area contributed by atoms with Gasteiger partial charge in [0.15, 0.2) is 5.16 Å². The van der Waals surface area contributed by atoms with Crippen molar-refractivity contribution in [1.82, 2.24) is 19.9 Å². The SMILES string of the molecule is CNc1nc(Sc2ncc[nH]2)c2ccccc2n1. The predicted molar refractivity (Wildman–Crippen MR) is 71.8 cm³/mol. The highest BCUT2D eigenvalue weighted by atomic mass is 32.2. The zero-order valence-corrected chi connectivity index (χ0v) is 10.5. The van der Waals surface area contributed by atoms with Crippen LogP contribution in [0.1, 0.15) is 0 Å². The van der Waals surface area contributed by atoms with E-state index in [4.69, 9.17) is 0 Å². The molecule has 0 unspecified atom stereocenters. The maximum absolute atomic E-state index is 4.47. The lowest BCUT2D eigenvalue weighted by molar-refractivity contribution is 1.04. The molecule has 0 aliphatic carbocycles. The highest BCUT2D eigenvalue weighted by Gasteiger charge is 2.09. The molecular weight excluding hydrogens is 246 g/mol. The van der Waals surface area contributed by atoms with Gasteiger partial charge in [0.2, 0.25) is 5.95 Å². The topological polar surface area (TPSA) is 66.5 Å². The van der Waals surface area contributed by atoms with Crippen LogP contribution in [0, 0.1) is 0 Å². The number of aromatic amines is 1. The van der Waals surface area contributed by atoms with Crippen LogP contribution in [-0.2, 0) is 0 Å². The summed E-state index contributed by atoms with van der Waals surface area (Å²) in [5.41, 5.74) is 0.922. The molecule has 90 valence electrons. The Morgan fingerprint density at radius 2 is 2.11 bits per heavy atom. The Morgan fingerprint density at radius 3 is 2.89 bits per heavy atom. The number of nitrogens with one attached hydrogen (secondary N) is 2. The standard InChI is InChI=1S/C12H11N5S/c1-13-11-16-9-5-3-2-4-8(9)10(17-11)18-12-14-6-7-15-12/h2-7H,1H3,(H,14,15)(H,13,16,17). The normalized spacial score (nSPS) is 10.7. The summed E-state index contributed by atoms with van der Waals surface area (Å²) in [5.74, 6) is 0.614. The summed E-state index contributed by atoms with van der Waals surface area (Å²) in [6, 6.07) is 7.94. The van der Waals surface area contributed by atoms with Gasteiger partial charge >= 0.3 is 0 Å². The Kier molecular flexibility index (Phi) is 2.85. The van der Waals surface area contributed by atoms with Gasteiger partial charge in [0, 0.05) is 24.8 Å². The second kappa shape index (κ2) is 4.66. The predicted octanol–water partition coefficient (Wildman–Crippen LogP) is 2.55. The smallest absolute Gasteiger partial charge is 0.224 e. The molecule has 0 saturated carbocycles. The maximum Gasteiger partial charge on any atom is 0.224 e. The highest BCUT2D eigenvalue weighted by Crippen LogP contribution is 2.29. The van der Waals surface area contributed by atoms with Crippen molar-refractivity contribution < 1.29 is 0 Å². The van der Waals surface area contributed by atoms with Crippen LogP contribution in [0.3, 0.4) is 0 Å². The second-order valence-corrected chi connectivity index (χ2v) is 4.59. The van der Waals surface area contributed by atoms with Gasteiger partial charge in [-0.3, -0.25) is 0 Å². The first-order valence-electron chi connectivity index (χ1n) is 5.48. The summed E-state index contributed by atoms with van der Waals surface area (Å²) in [6.07, 6.45) is 3.52. The summed E-state index contributed by atoms with van der Waals surface area (Å²) in [4.78, 5) is 16.2. The molecule has 0 amide bonds. The van der Waals surface area contributed by atoms with Crippen molar-refractivity contribution in [3.63, 3.8) is 0 Å². The number of benzene rings is 1. The molecule has 0 atom stereocenters. The number of nitrogens with zero attached hydrogens (tertiary/aromatic N) is 3. The zero-order chi connectivity index (χ0) is 12.4. The largest absolute Gasteiger partial charge is 0.357 e. The molecule has 0 aliphatic rings. The number of para-hydroxylation sites is 1. The summed E-state index contributed by atoms with van der Waals surface area (Å²) in [6.45, 7) is 0. The molecule has 0 spiro atoms. The minimum absolute atomic E-state index is 0.614. The van der Waals surface area contributed by atoms with Crippen LogP contribution in [0.4, 0.5) is 5.95 Å². The fraction of sp³-hybridized carbons (Fsp3) is 0.0833. The highest BCUT2D eigenvalue weighted by molar-refractivity contribution is 7.99. The van der Waals surface area contributed by atoms with Crippen molar-refractivity contribution >= 4 is 28.6 Å². The van der Waals surface area contributed by atoms with Crippen LogP contribution >= 0.6 is 11.8 Å². The molecule has 5 nitrogen and oxygen atoms in total. The molecule has 2 heterocycles. The van der Waals surface area contributed by atoms with E-state index in [-0.39, 0.29) is 0 Å². The average molecular weight is 257 g/mol. The average Bonchev–Trinajstić information content (AvgIpc) is 2.91. The van der Waals surface area contributed by atoms with Gasteiger partial charge < -0.3 is 10.3 Å². The van der Waals surface area contributed by atoms with Gasteiger partial charge in [0.1, 0.15) is 5.03 Å². The summed E-state index contributed by atoms with van der Waals surface area (Å²) in [7, 11) is 1.81.